The van der Waals surface area contributed by atoms with Gasteiger partial charge in [0.2, 0.25) is 0 Å². The van der Waals surface area contributed by atoms with Crippen LogP contribution in [-0.2, 0) is 4.74 Å². The molecule has 0 amide bonds. The van der Waals surface area contributed by atoms with Crippen LogP contribution in [0.2, 0.25) is 0 Å². The topological polar surface area (TPSA) is 21.3 Å². The van der Waals surface area contributed by atoms with Gasteiger partial charge in [0.15, 0.2) is 0 Å². The molecule has 0 aromatic heterocycles. The van der Waals surface area contributed by atoms with E-state index in [1.807, 2.05) is 0 Å². The van der Waals surface area contributed by atoms with Crippen molar-refractivity contribution in [3.05, 3.63) is 0 Å². The molecule has 0 aliphatic carbocycles. The molecule has 1 heterocycles. The molecule has 0 aromatic rings. The summed E-state index contributed by atoms with van der Waals surface area (Å²) in [4.78, 5) is 0. The van der Waals surface area contributed by atoms with E-state index < -0.39 is 0 Å². The SMILES string of the molecule is COCC1CNCC1C.Cl. The average molecular weight is 166 g/mol. The Balaban J connectivity index is 0.000000810. The van der Waals surface area contributed by atoms with Crippen LogP contribution in [0.4, 0.5) is 0 Å². The number of nitrogens with one attached hydrogen (secondary N) is 1. The molecule has 0 radical (unpaired) electrons. The average Bonchev–Trinajstić information content (AvgIpc) is 2.18. The molecule has 0 aromatic carbocycles. The molecule has 0 spiro atoms. The second-order valence-electron chi connectivity index (χ2n) is 2.85. The minimum Gasteiger partial charge on any atom is -0.384 e. The fourth-order valence-electron chi connectivity index (χ4n) is 1.30. The van der Waals surface area contributed by atoms with Crippen molar-refractivity contribution in [3.8, 4) is 0 Å². The lowest BCUT2D eigenvalue weighted by molar-refractivity contribution is 0.144. The Morgan fingerprint density at radius 3 is 2.60 bits per heavy atom. The van der Waals surface area contributed by atoms with E-state index in [0.29, 0.717) is 0 Å². The zero-order valence-electron chi connectivity index (χ0n) is 6.59. The molecule has 1 aliphatic heterocycles. The van der Waals surface area contributed by atoms with Crippen LogP contribution in [0.1, 0.15) is 6.92 Å². The predicted octanol–water partition coefficient (Wildman–Crippen LogP) is 0.910. The smallest absolute Gasteiger partial charge is 0.0505 e. The van der Waals surface area contributed by atoms with Crippen molar-refractivity contribution >= 4 is 12.4 Å². The summed E-state index contributed by atoms with van der Waals surface area (Å²) in [6.45, 7) is 5.47. The van der Waals surface area contributed by atoms with E-state index in [4.69, 9.17) is 4.74 Å². The molecule has 2 unspecified atom stereocenters. The van der Waals surface area contributed by atoms with E-state index in [1.165, 1.54) is 0 Å². The zero-order valence-corrected chi connectivity index (χ0v) is 7.41. The van der Waals surface area contributed by atoms with Gasteiger partial charge >= 0.3 is 0 Å². The van der Waals surface area contributed by atoms with E-state index in [2.05, 4.69) is 12.2 Å². The second-order valence-corrected chi connectivity index (χ2v) is 2.85. The number of methoxy groups -OCH3 is 1. The highest BCUT2D eigenvalue weighted by atomic mass is 35.5. The molecule has 62 valence electrons. The summed E-state index contributed by atoms with van der Waals surface area (Å²) in [5.74, 6) is 1.54. The number of hydrogen-bond acceptors (Lipinski definition) is 2. The number of ether oxygens (including phenoxy) is 1. The van der Waals surface area contributed by atoms with E-state index in [9.17, 15) is 0 Å². The van der Waals surface area contributed by atoms with Gasteiger partial charge in [-0.05, 0) is 18.4 Å². The van der Waals surface area contributed by atoms with Crippen LogP contribution in [0.5, 0.6) is 0 Å². The molecule has 1 saturated heterocycles. The third-order valence-electron chi connectivity index (χ3n) is 2.06. The molecule has 2 nitrogen and oxygen atoms in total. The highest BCUT2D eigenvalue weighted by Crippen LogP contribution is 2.14. The van der Waals surface area contributed by atoms with E-state index in [1.54, 1.807) is 7.11 Å². The van der Waals surface area contributed by atoms with E-state index in [-0.39, 0.29) is 12.4 Å². The Morgan fingerprint density at radius 1 is 1.50 bits per heavy atom. The van der Waals surface area contributed by atoms with Gasteiger partial charge in [-0.3, -0.25) is 0 Å². The molecule has 0 bridgehead atoms. The first-order valence-corrected chi connectivity index (χ1v) is 3.54. The lowest BCUT2D eigenvalue weighted by atomic mass is 10.00. The number of halogens is 1. The Morgan fingerprint density at radius 2 is 2.20 bits per heavy atom. The van der Waals surface area contributed by atoms with Crippen LogP contribution < -0.4 is 5.32 Å². The second kappa shape index (κ2) is 4.94. The van der Waals surface area contributed by atoms with Crippen LogP contribution >= 0.6 is 12.4 Å². The highest BCUT2D eigenvalue weighted by Gasteiger charge is 2.21. The van der Waals surface area contributed by atoms with Crippen molar-refractivity contribution in [2.75, 3.05) is 26.8 Å². The monoisotopic (exact) mass is 165 g/mol. The van der Waals surface area contributed by atoms with Gasteiger partial charge in [0.1, 0.15) is 0 Å². The lowest BCUT2D eigenvalue weighted by Gasteiger charge is -2.11. The van der Waals surface area contributed by atoms with Crippen LogP contribution in [-0.4, -0.2) is 26.8 Å². The Bertz CT molecular complexity index is 89.7. The maximum atomic E-state index is 5.06. The van der Waals surface area contributed by atoms with Crippen LogP contribution in [0.25, 0.3) is 0 Å². The lowest BCUT2D eigenvalue weighted by Crippen LogP contribution is -2.15. The molecule has 3 heteroatoms. The summed E-state index contributed by atoms with van der Waals surface area (Å²) in [6.07, 6.45) is 0. The summed E-state index contributed by atoms with van der Waals surface area (Å²) >= 11 is 0. The zero-order chi connectivity index (χ0) is 6.69. The summed E-state index contributed by atoms with van der Waals surface area (Å²) in [5.41, 5.74) is 0. The Labute approximate surface area is 68.7 Å². The Hall–Kier alpha value is 0.210. The van der Waals surface area contributed by atoms with Crippen LogP contribution in [0.15, 0.2) is 0 Å². The fraction of sp³-hybridized carbons (Fsp3) is 1.00. The number of rotatable bonds is 2. The molecule has 0 saturated carbocycles. The minimum absolute atomic E-state index is 0. The third-order valence-corrected chi connectivity index (χ3v) is 2.06. The van der Waals surface area contributed by atoms with Gasteiger partial charge in [0, 0.05) is 13.7 Å². The van der Waals surface area contributed by atoms with Gasteiger partial charge < -0.3 is 10.1 Å². The van der Waals surface area contributed by atoms with E-state index >= 15 is 0 Å². The maximum Gasteiger partial charge on any atom is 0.0505 e. The molecule has 1 rings (SSSR count). The third kappa shape index (κ3) is 2.45. The molecular weight excluding hydrogens is 150 g/mol. The van der Waals surface area contributed by atoms with Crippen molar-refractivity contribution in [2.24, 2.45) is 11.8 Å². The summed E-state index contributed by atoms with van der Waals surface area (Å²) in [5, 5.41) is 3.33. The molecule has 1 N–H and O–H groups in total. The normalized spacial score (nSPS) is 31.8. The summed E-state index contributed by atoms with van der Waals surface area (Å²) in [7, 11) is 1.77. The fourth-order valence-corrected chi connectivity index (χ4v) is 1.30. The highest BCUT2D eigenvalue weighted by molar-refractivity contribution is 5.85. The van der Waals surface area contributed by atoms with Crippen molar-refractivity contribution in [1.29, 1.82) is 0 Å². The van der Waals surface area contributed by atoms with Gasteiger partial charge in [-0.1, -0.05) is 6.92 Å². The minimum atomic E-state index is 0. The first-order chi connectivity index (χ1) is 4.34. The first-order valence-electron chi connectivity index (χ1n) is 3.54. The molecule has 10 heavy (non-hydrogen) atoms. The summed E-state index contributed by atoms with van der Waals surface area (Å²) < 4.78 is 5.06. The summed E-state index contributed by atoms with van der Waals surface area (Å²) in [6, 6.07) is 0. The predicted molar refractivity (Wildman–Crippen MR) is 44.6 cm³/mol. The molecule has 1 aliphatic rings. The largest absolute Gasteiger partial charge is 0.384 e. The van der Waals surface area contributed by atoms with Crippen molar-refractivity contribution in [1.82, 2.24) is 5.32 Å². The van der Waals surface area contributed by atoms with Crippen LogP contribution in [0.3, 0.4) is 0 Å². The van der Waals surface area contributed by atoms with Crippen LogP contribution in [0, 0.1) is 11.8 Å². The molecule has 1 fully saturated rings. The standard InChI is InChI=1S/C7H15NO.ClH/c1-6-3-8-4-7(6)5-9-2;/h6-8H,3-5H2,1-2H3;1H. The Kier molecular flexibility index (Phi) is 5.04. The first kappa shape index (κ1) is 10.2. The van der Waals surface area contributed by atoms with Gasteiger partial charge in [-0.2, -0.15) is 0 Å². The van der Waals surface area contributed by atoms with Gasteiger partial charge in [-0.25, -0.2) is 0 Å². The van der Waals surface area contributed by atoms with Crippen molar-refractivity contribution in [2.45, 2.75) is 6.92 Å². The van der Waals surface area contributed by atoms with Crippen molar-refractivity contribution < 1.29 is 4.74 Å². The van der Waals surface area contributed by atoms with Gasteiger partial charge in [0.05, 0.1) is 6.61 Å². The number of hydrogen-bond donors (Lipinski definition) is 1. The molecule has 2 atom stereocenters. The van der Waals surface area contributed by atoms with Crippen molar-refractivity contribution in [3.63, 3.8) is 0 Å². The van der Waals surface area contributed by atoms with Gasteiger partial charge in [-0.15, -0.1) is 12.4 Å². The quantitative estimate of drug-likeness (QED) is 0.657. The maximum absolute atomic E-state index is 5.06. The van der Waals surface area contributed by atoms with E-state index in [0.717, 1.165) is 31.5 Å². The van der Waals surface area contributed by atoms with Gasteiger partial charge in [0.25, 0.3) is 0 Å². The molecular formula is C7H16ClNO.